The van der Waals surface area contributed by atoms with Crippen molar-refractivity contribution in [3.63, 3.8) is 0 Å². The first-order chi connectivity index (χ1) is 14.5. The third kappa shape index (κ3) is 4.86. The molecule has 2 aliphatic rings. The van der Waals surface area contributed by atoms with Crippen LogP contribution in [0.5, 0.6) is 0 Å². The molecule has 1 saturated carbocycles. The summed E-state index contributed by atoms with van der Waals surface area (Å²) >= 11 is 3.70. The zero-order valence-corrected chi connectivity index (χ0v) is 19.3. The van der Waals surface area contributed by atoms with Gasteiger partial charge in [-0.05, 0) is 54.1 Å². The summed E-state index contributed by atoms with van der Waals surface area (Å²) in [6, 6.07) is 17.8. The molecular weight excluding hydrogens is 460 g/mol. The SMILES string of the molecule is O=S(=O)(Cc1ccccc1)C1CCCC(c2ccccc2Br)C1CC1=NCC=CN1. The first-order valence-electron chi connectivity index (χ1n) is 10.5. The fraction of sp³-hybridized carbons (Fsp3) is 0.375. The Hall–Kier alpha value is -1.92. The average Bonchev–Trinajstić information content (AvgIpc) is 2.75. The molecule has 1 fully saturated rings. The smallest absolute Gasteiger partial charge is 0.157 e. The second-order valence-electron chi connectivity index (χ2n) is 8.09. The van der Waals surface area contributed by atoms with E-state index >= 15 is 0 Å². The average molecular weight is 487 g/mol. The van der Waals surface area contributed by atoms with Crippen molar-refractivity contribution in [3.8, 4) is 0 Å². The molecule has 0 bridgehead atoms. The van der Waals surface area contributed by atoms with Gasteiger partial charge in [0, 0.05) is 10.9 Å². The summed E-state index contributed by atoms with van der Waals surface area (Å²) in [5.41, 5.74) is 2.06. The number of halogens is 1. The highest BCUT2D eigenvalue weighted by atomic mass is 79.9. The lowest BCUT2D eigenvalue weighted by molar-refractivity contribution is 0.313. The van der Waals surface area contributed by atoms with Crippen LogP contribution in [0.3, 0.4) is 0 Å². The molecule has 3 unspecified atom stereocenters. The number of rotatable bonds is 6. The van der Waals surface area contributed by atoms with E-state index in [0.717, 1.165) is 28.7 Å². The fourth-order valence-electron chi connectivity index (χ4n) is 4.78. The lowest BCUT2D eigenvalue weighted by Crippen LogP contribution is -2.41. The minimum Gasteiger partial charge on any atom is -0.351 e. The maximum atomic E-state index is 13.6. The largest absolute Gasteiger partial charge is 0.351 e. The molecular formula is C24H27BrN2O2S. The number of benzene rings is 2. The van der Waals surface area contributed by atoms with Gasteiger partial charge < -0.3 is 5.32 Å². The van der Waals surface area contributed by atoms with Crippen LogP contribution in [-0.4, -0.2) is 26.0 Å². The van der Waals surface area contributed by atoms with Gasteiger partial charge in [0.15, 0.2) is 9.84 Å². The molecule has 1 aliphatic carbocycles. The van der Waals surface area contributed by atoms with E-state index in [1.165, 1.54) is 5.56 Å². The van der Waals surface area contributed by atoms with Crippen LogP contribution >= 0.6 is 15.9 Å². The predicted octanol–water partition coefficient (Wildman–Crippen LogP) is 5.22. The third-order valence-corrected chi connectivity index (χ3v) is 9.12. The molecule has 1 heterocycles. The standard InChI is InChI=1S/C24H27BrN2O2S/c25-22-12-5-4-10-20(22)19-11-6-13-23(21(19)16-24-26-14-7-15-27-24)30(28,29)17-18-8-2-1-3-9-18/h1-5,7-10,12,14,19,21,23H,6,11,13,15-17H2,(H,26,27). The maximum absolute atomic E-state index is 13.6. The van der Waals surface area contributed by atoms with Crippen molar-refractivity contribution in [1.29, 1.82) is 0 Å². The van der Waals surface area contributed by atoms with Gasteiger partial charge in [-0.2, -0.15) is 0 Å². The summed E-state index contributed by atoms with van der Waals surface area (Å²) in [5, 5.41) is 2.86. The van der Waals surface area contributed by atoms with Crippen molar-refractivity contribution >= 4 is 31.6 Å². The van der Waals surface area contributed by atoms with Gasteiger partial charge in [0.05, 0.1) is 17.5 Å². The van der Waals surface area contributed by atoms with E-state index < -0.39 is 9.84 Å². The molecule has 0 amide bonds. The maximum Gasteiger partial charge on any atom is 0.157 e. The number of hydrogen-bond donors (Lipinski definition) is 1. The zero-order chi connectivity index (χ0) is 21.0. The number of amidine groups is 1. The molecule has 0 spiro atoms. The lowest BCUT2D eigenvalue weighted by Gasteiger charge is -2.39. The van der Waals surface area contributed by atoms with E-state index in [0.29, 0.717) is 19.4 Å². The van der Waals surface area contributed by atoms with Crippen molar-refractivity contribution in [3.05, 3.63) is 82.5 Å². The zero-order valence-electron chi connectivity index (χ0n) is 16.9. The first-order valence-corrected chi connectivity index (χ1v) is 13.0. The Kier molecular flexibility index (Phi) is 6.74. The Bertz CT molecular complexity index is 1030. The molecule has 4 nitrogen and oxygen atoms in total. The molecule has 158 valence electrons. The van der Waals surface area contributed by atoms with E-state index in [9.17, 15) is 8.42 Å². The predicted molar refractivity (Wildman–Crippen MR) is 126 cm³/mol. The van der Waals surface area contributed by atoms with Crippen LogP contribution < -0.4 is 5.32 Å². The molecule has 1 N–H and O–H groups in total. The second-order valence-corrected chi connectivity index (χ2v) is 11.2. The van der Waals surface area contributed by atoms with E-state index in [4.69, 9.17) is 0 Å². The molecule has 30 heavy (non-hydrogen) atoms. The van der Waals surface area contributed by atoms with Gasteiger partial charge in [-0.1, -0.05) is 70.9 Å². The van der Waals surface area contributed by atoms with E-state index in [1.807, 2.05) is 60.8 Å². The third-order valence-electron chi connectivity index (χ3n) is 6.16. The van der Waals surface area contributed by atoms with Crippen molar-refractivity contribution < 1.29 is 8.42 Å². The monoisotopic (exact) mass is 486 g/mol. The van der Waals surface area contributed by atoms with Gasteiger partial charge >= 0.3 is 0 Å². The second kappa shape index (κ2) is 9.48. The summed E-state index contributed by atoms with van der Waals surface area (Å²) in [7, 11) is -3.31. The lowest BCUT2D eigenvalue weighted by atomic mass is 9.73. The van der Waals surface area contributed by atoms with E-state index in [1.54, 1.807) is 0 Å². The Balaban J connectivity index is 1.68. The van der Waals surface area contributed by atoms with E-state index in [-0.39, 0.29) is 22.8 Å². The van der Waals surface area contributed by atoms with Gasteiger partial charge in [0.25, 0.3) is 0 Å². The van der Waals surface area contributed by atoms with E-state index in [2.05, 4.69) is 32.3 Å². The van der Waals surface area contributed by atoms with Gasteiger partial charge in [-0.3, -0.25) is 4.99 Å². The normalized spacial score (nSPS) is 24.2. The van der Waals surface area contributed by atoms with Gasteiger partial charge in [0.2, 0.25) is 0 Å². The topological polar surface area (TPSA) is 58.5 Å². The molecule has 2 aromatic rings. The Morgan fingerprint density at radius 3 is 2.53 bits per heavy atom. The van der Waals surface area contributed by atoms with Gasteiger partial charge in [-0.15, -0.1) is 0 Å². The summed E-state index contributed by atoms with van der Waals surface area (Å²) in [4.78, 5) is 4.59. The first kappa shape index (κ1) is 21.3. The van der Waals surface area contributed by atoms with Crippen LogP contribution in [0.1, 0.15) is 42.7 Å². The molecule has 6 heteroatoms. The van der Waals surface area contributed by atoms with Crippen molar-refractivity contribution in [2.45, 2.75) is 42.6 Å². The van der Waals surface area contributed by atoms with Crippen molar-refractivity contribution in [2.75, 3.05) is 6.54 Å². The number of hydrogen-bond acceptors (Lipinski definition) is 4. The van der Waals surface area contributed by atoms with Crippen LogP contribution in [0.2, 0.25) is 0 Å². The number of nitrogens with zero attached hydrogens (tertiary/aromatic N) is 1. The number of sulfone groups is 1. The number of aliphatic imine (C=N–C) groups is 1. The Morgan fingerprint density at radius 1 is 1.03 bits per heavy atom. The van der Waals surface area contributed by atoms with Crippen LogP contribution in [0.15, 0.2) is 76.3 Å². The van der Waals surface area contributed by atoms with Crippen molar-refractivity contribution in [2.24, 2.45) is 10.9 Å². The molecule has 2 aromatic carbocycles. The van der Waals surface area contributed by atoms with Crippen molar-refractivity contribution in [1.82, 2.24) is 5.32 Å². The highest BCUT2D eigenvalue weighted by Crippen LogP contribution is 2.45. The summed E-state index contributed by atoms with van der Waals surface area (Å²) < 4.78 is 28.2. The highest BCUT2D eigenvalue weighted by Gasteiger charge is 2.42. The van der Waals surface area contributed by atoms with Crippen LogP contribution in [0, 0.1) is 5.92 Å². The summed E-state index contributed by atoms with van der Waals surface area (Å²) in [5.74, 6) is 1.16. The van der Waals surface area contributed by atoms with Crippen LogP contribution in [0.4, 0.5) is 0 Å². The molecule has 1 aliphatic heterocycles. The molecule has 0 aromatic heterocycles. The molecule has 0 radical (unpaired) electrons. The Labute approximate surface area is 187 Å². The molecule has 4 rings (SSSR count). The minimum atomic E-state index is -3.31. The highest BCUT2D eigenvalue weighted by molar-refractivity contribution is 9.10. The van der Waals surface area contributed by atoms with Gasteiger partial charge in [0.1, 0.15) is 5.84 Å². The minimum absolute atomic E-state index is 0.0103. The molecule has 3 atom stereocenters. The Morgan fingerprint density at radius 2 is 1.80 bits per heavy atom. The van der Waals surface area contributed by atoms with Gasteiger partial charge in [-0.25, -0.2) is 8.42 Å². The fourth-order valence-corrected chi connectivity index (χ4v) is 7.58. The van der Waals surface area contributed by atoms with Crippen LogP contribution in [-0.2, 0) is 15.6 Å². The molecule has 0 saturated heterocycles. The van der Waals surface area contributed by atoms with Crippen LogP contribution in [0.25, 0.3) is 0 Å². The number of nitrogens with one attached hydrogen (secondary N) is 1. The quantitative estimate of drug-likeness (QED) is 0.608. The summed E-state index contributed by atoms with van der Waals surface area (Å²) in [6.45, 7) is 0.649. The summed E-state index contributed by atoms with van der Waals surface area (Å²) in [6.07, 6.45) is 7.15.